The maximum absolute atomic E-state index is 11.0. The number of fused-ring (bicyclic) bond motifs is 1. The second-order valence-electron chi connectivity index (χ2n) is 4.91. The van der Waals surface area contributed by atoms with Crippen LogP contribution in [0.1, 0.15) is 37.3 Å². The fraction of sp³-hybridized carbons (Fsp3) is 0.462. The van der Waals surface area contributed by atoms with Crippen LogP contribution < -0.4 is 11.5 Å². The van der Waals surface area contributed by atoms with E-state index in [2.05, 4.69) is 4.98 Å². The van der Waals surface area contributed by atoms with Gasteiger partial charge in [-0.2, -0.15) is 0 Å². The van der Waals surface area contributed by atoms with Gasteiger partial charge in [0.1, 0.15) is 0 Å². The highest BCUT2D eigenvalue weighted by Gasteiger charge is 2.21. The van der Waals surface area contributed by atoms with E-state index in [-0.39, 0.29) is 6.04 Å². The van der Waals surface area contributed by atoms with Gasteiger partial charge in [0.15, 0.2) is 5.58 Å². The van der Waals surface area contributed by atoms with Crippen LogP contribution in [0.2, 0.25) is 0 Å². The van der Waals surface area contributed by atoms with Crippen LogP contribution in [0, 0.1) is 5.92 Å². The van der Waals surface area contributed by atoms with E-state index in [1.54, 1.807) is 0 Å². The molecule has 0 spiro atoms. The fourth-order valence-electron chi connectivity index (χ4n) is 2.42. The smallest absolute Gasteiger partial charge is 0.408 e. The van der Waals surface area contributed by atoms with Gasteiger partial charge in [0.05, 0.1) is 5.52 Å². The Kier molecular flexibility index (Phi) is 2.52. The lowest BCUT2D eigenvalue weighted by atomic mass is 9.80. The first-order valence-electron chi connectivity index (χ1n) is 6.11. The molecule has 1 aromatic heterocycles. The molecule has 1 aliphatic rings. The minimum Gasteiger partial charge on any atom is -0.408 e. The number of hydrogen-bond donors (Lipinski definition) is 2. The van der Waals surface area contributed by atoms with Crippen LogP contribution in [-0.4, -0.2) is 4.98 Å². The minimum atomic E-state index is -0.412. The van der Waals surface area contributed by atoms with Crippen LogP contribution in [0.5, 0.6) is 0 Å². The van der Waals surface area contributed by atoms with Crippen LogP contribution in [0.4, 0.5) is 0 Å². The summed E-state index contributed by atoms with van der Waals surface area (Å²) in [6.07, 6.45) is 4.97. The van der Waals surface area contributed by atoms with E-state index in [4.69, 9.17) is 10.2 Å². The zero-order chi connectivity index (χ0) is 11.8. The van der Waals surface area contributed by atoms with Crippen LogP contribution in [0.25, 0.3) is 11.1 Å². The van der Waals surface area contributed by atoms with Crippen LogP contribution in [0.15, 0.2) is 27.4 Å². The molecule has 17 heavy (non-hydrogen) atoms. The average molecular weight is 232 g/mol. The first-order chi connectivity index (χ1) is 8.22. The van der Waals surface area contributed by atoms with Gasteiger partial charge in [0.25, 0.3) is 0 Å². The molecule has 1 atom stereocenters. The second kappa shape index (κ2) is 4.04. The average Bonchev–Trinajstić information content (AvgIpc) is 2.62. The topological polar surface area (TPSA) is 72.0 Å². The van der Waals surface area contributed by atoms with E-state index in [0.29, 0.717) is 5.58 Å². The van der Waals surface area contributed by atoms with Crippen LogP contribution in [-0.2, 0) is 0 Å². The van der Waals surface area contributed by atoms with Crippen molar-refractivity contribution in [1.29, 1.82) is 0 Å². The number of nitrogens with one attached hydrogen (secondary N) is 1. The van der Waals surface area contributed by atoms with Crippen molar-refractivity contribution in [2.75, 3.05) is 0 Å². The summed E-state index contributed by atoms with van der Waals surface area (Å²) in [4.78, 5) is 13.7. The molecule has 4 heteroatoms. The number of aromatic amines is 1. The molecule has 2 aromatic rings. The van der Waals surface area contributed by atoms with Crippen LogP contribution >= 0.6 is 0 Å². The van der Waals surface area contributed by atoms with Gasteiger partial charge in [0.2, 0.25) is 0 Å². The normalized spacial score (nSPS) is 18.2. The summed E-state index contributed by atoms with van der Waals surface area (Å²) in [5.41, 5.74) is 8.55. The molecule has 1 aromatic carbocycles. The van der Waals surface area contributed by atoms with E-state index >= 15 is 0 Å². The third-order valence-corrected chi connectivity index (χ3v) is 3.69. The Labute approximate surface area is 98.8 Å². The second-order valence-corrected chi connectivity index (χ2v) is 4.91. The van der Waals surface area contributed by atoms with Crippen molar-refractivity contribution in [3.8, 4) is 0 Å². The number of hydrogen-bond acceptors (Lipinski definition) is 3. The zero-order valence-corrected chi connectivity index (χ0v) is 9.61. The molecular weight excluding hydrogens is 216 g/mol. The Morgan fingerprint density at radius 1 is 1.47 bits per heavy atom. The molecule has 3 rings (SSSR count). The van der Waals surface area contributed by atoms with E-state index in [1.807, 2.05) is 18.2 Å². The number of rotatable bonds is 3. The largest absolute Gasteiger partial charge is 0.417 e. The van der Waals surface area contributed by atoms with Crippen molar-refractivity contribution >= 4 is 11.1 Å². The fourth-order valence-corrected chi connectivity index (χ4v) is 2.42. The molecule has 0 bridgehead atoms. The Morgan fingerprint density at radius 3 is 3.00 bits per heavy atom. The van der Waals surface area contributed by atoms with Crippen molar-refractivity contribution in [2.45, 2.75) is 31.7 Å². The van der Waals surface area contributed by atoms with Gasteiger partial charge in [-0.05, 0) is 30.0 Å². The van der Waals surface area contributed by atoms with Gasteiger partial charge in [0, 0.05) is 6.04 Å². The quantitative estimate of drug-likeness (QED) is 0.853. The Balaban J connectivity index is 1.85. The van der Waals surface area contributed by atoms with Gasteiger partial charge in [-0.1, -0.05) is 25.3 Å². The number of aromatic nitrogens is 1. The molecule has 3 N–H and O–H groups in total. The highest BCUT2D eigenvalue weighted by atomic mass is 16.4. The Bertz CT molecular complexity index is 580. The lowest BCUT2D eigenvalue weighted by molar-refractivity contribution is 0.277. The molecule has 0 radical (unpaired) electrons. The zero-order valence-electron chi connectivity index (χ0n) is 9.61. The first-order valence-corrected chi connectivity index (χ1v) is 6.11. The maximum atomic E-state index is 11.0. The summed E-state index contributed by atoms with van der Waals surface area (Å²) < 4.78 is 5.04. The molecule has 1 fully saturated rings. The van der Waals surface area contributed by atoms with Gasteiger partial charge < -0.3 is 10.2 Å². The third-order valence-electron chi connectivity index (χ3n) is 3.69. The van der Waals surface area contributed by atoms with Crippen molar-refractivity contribution < 1.29 is 4.42 Å². The van der Waals surface area contributed by atoms with Gasteiger partial charge >= 0.3 is 5.76 Å². The molecular formula is C13H16N2O2. The highest BCUT2D eigenvalue weighted by Crippen LogP contribution is 2.34. The number of nitrogens with two attached hydrogens (primary N) is 1. The Morgan fingerprint density at radius 2 is 2.29 bits per heavy atom. The molecule has 1 heterocycles. The summed E-state index contributed by atoms with van der Waals surface area (Å²) in [7, 11) is 0. The van der Waals surface area contributed by atoms with Crippen molar-refractivity contribution in [1.82, 2.24) is 4.98 Å². The van der Waals surface area contributed by atoms with E-state index < -0.39 is 5.76 Å². The number of oxazole rings is 1. The lowest BCUT2D eigenvalue weighted by Crippen LogP contribution is -2.19. The van der Waals surface area contributed by atoms with Crippen molar-refractivity contribution in [3.05, 3.63) is 34.3 Å². The molecule has 1 saturated carbocycles. The summed E-state index contributed by atoms with van der Waals surface area (Å²) in [6, 6.07) is 5.74. The maximum Gasteiger partial charge on any atom is 0.417 e. The number of benzene rings is 1. The molecule has 0 amide bonds. The third kappa shape index (κ3) is 2.00. The summed E-state index contributed by atoms with van der Waals surface area (Å²) >= 11 is 0. The molecule has 1 aliphatic carbocycles. The summed E-state index contributed by atoms with van der Waals surface area (Å²) in [5.74, 6) is 0.364. The molecule has 0 saturated heterocycles. The molecule has 4 nitrogen and oxygen atoms in total. The van der Waals surface area contributed by atoms with E-state index in [9.17, 15) is 4.79 Å². The predicted octanol–water partition coefficient (Wildman–Crippen LogP) is 2.31. The predicted molar refractivity (Wildman–Crippen MR) is 65.7 cm³/mol. The van der Waals surface area contributed by atoms with Gasteiger partial charge in [-0.15, -0.1) is 0 Å². The van der Waals surface area contributed by atoms with Gasteiger partial charge in [-0.3, -0.25) is 4.98 Å². The molecule has 1 unspecified atom stereocenters. The highest BCUT2D eigenvalue weighted by molar-refractivity contribution is 5.72. The van der Waals surface area contributed by atoms with E-state index in [1.165, 1.54) is 19.3 Å². The van der Waals surface area contributed by atoms with Gasteiger partial charge in [-0.25, -0.2) is 4.79 Å². The van der Waals surface area contributed by atoms with Crippen molar-refractivity contribution in [2.24, 2.45) is 11.7 Å². The van der Waals surface area contributed by atoms with E-state index in [0.717, 1.165) is 23.4 Å². The standard InChI is InChI=1S/C13H16N2O2/c14-10(6-8-2-1-3-8)9-4-5-11-12(7-9)17-13(16)15-11/h4-5,7-8,10H,1-3,6,14H2,(H,15,16). The Hall–Kier alpha value is -1.55. The lowest BCUT2D eigenvalue weighted by Gasteiger charge is -2.28. The first kappa shape index (κ1) is 10.6. The van der Waals surface area contributed by atoms with Crippen LogP contribution in [0.3, 0.4) is 0 Å². The monoisotopic (exact) mass is 232 g/mol. The minimum absolute atomic E-state index is 0.0462. The summed E-state index contributed by atoms with van der Waals surface area (Å²) in [5, 5.41) is 0. The SMILES string of the molecule is NC(CC1CCC1)c1ccc2[nH]c(=O)oc2c1. The molecule has 0 aliphatic heterocycles. The molecule has 90 valence electrons. The summed E-state index contributed by atoms with van der Waals surface area (Å²) in [6.45, 7) is 0. The number of H-pyrrole nitrogens is 1. The van der Waals surface area contributed by atoms with Crippen molar-refractivity contribution in [3.63, 3.8) is 0 Å².